The third-order valence-corrected chi connectivity index (χ3v) is 2.47. The molecule has 0 aromatic rings. The molecule has 0 radical (unpaired) electrons. The van der Waals surface area contributed by atoms with Gasteiger partial charge in [-0.3, -0.25) is 0 Å². The lowest BCUT2D eigenvalue weighted by Crippen LogP contribution is -2.43. The number of carboxylic acid groups (broad SMARTS) is 1. The molecule has 0 bridgehead atoms. The average molecular weight is 245 g/mol. The highest BCUT2D eigenvalue weighted by molar-refractivity contribution is 5.77. The predicted octanol–water partition coefficient (Wildman–Crippen LogP) is 0.954. The van der Waals surface area contributed by atoms with E-state index in [0.29, 0.717) is 32.7 Å². The molecule has 0 aromatic heterocycles. The maximum atomic E-state index is 11.7. The smallest absolute Gasteiger partial charge is 0.410 e. The van der Waals surface area contributed by atoms with Crippen molar-refractivity contribution in [2.24, 2.45) is 5.92 Å². The minimum Gasteiger partial charge on any atom is -0.479 e. The summed E-state index contributed by atoms with van der Waals surface area (Å²) < 4.78 is 10.1. The van der Waals surface area contributed by atoms with Crippen LogP contribution in [-0.2, 0) is 14.3 Å². The van der Waals surface area contributed by atoms with Crippen LogP contribution in [0.2, 0.25) is 0 Å². The first-order chi connectivity index (χ1) is 8.00. The van der Waals surface area contributed by atoms with Crippen LogP contribution < -0.4 is 0 Å². The molecule has 1 N–H and O–H groups in total. The molecule has 1 saturated heterocycles. The van der Waals surface area contributed by atoms with E-state index in [-0.39, 0.29) is 5.92 Å². The number of ether oxygens (including phenoxy) is 2. The number of hydrogen-bond donors (Lipinski definition) is 1. The lowest BCUT2D eigenvalue weighted by molar-refractivity contribution is -0.148. The summed E-state index contributed by atoms with van der Waals surface area (Å²) in [5.41, 5.74) is 0. The third-order valence-electron chi connectivity index (χ3n) is 2.47. The predicted molar refractivity (Wildman–Crippen MR) is 59.8 cm³/mol. The second kappa shape index (κ2) is 6.44. The molecule has 0 unspecified atom stereocenters. The Kier molecular flexibility index (Phi) is 5.21. The Morgan fingerprint density at radius 1 is 1.35 bits per heavy atom. The number of amides is 1. The van der Waals surface area contributed by atoms with Gasteiger partial charge in [0.25, 0.3) is 0 Å². The summed E-state index contributed by atoms with van der Waals surface area (Å²) in [6.45, 7) is 5.62. The molecule has 1 aliphatic heterocycles. The fourth-order valence-corrected chi connectivity index (χ4v) is 1.57. The molecular weight excluding hydrogens is 226 g/mol. The van der Waals surface area contributed by atoms with E-state index >= 15 is 0 Å². The van der Waals surface area contributed by atoms with Crippen molar-refractivity contribution in [2.75, 3.05) is 26.3 Å². The number of carboxylic acids is 1. The maximum absolute atomic E-state index is 11.7. The van der Waals surface area contributed by atoms with Crippen molar-refractivity contribution in [1.29, 1.82) is 0 Å². The zero-order valence-corrected chi connectivity index (χ0v) is 10.2. The normalized spacial score (nSPS) is 17.9. The molecule has 98 valence electrons. The van der Waals surface area contributed by atoms with Gasteiger partial charge in [-0.25, -0.2) is 9.59 Å². The Hall–Kier alpha value is -1.30. The molecule has 1 fully saturated rings. The summed E-state index contributed by atoms with van der Waals surface area (Å²) in [5, 5.41) is 8.95. The van der Waals surface area contributed by atoms with Crippen molar-refractivity contribution in [3.63, 3.8) is 0 Å². The lowest BCUT2D eigenvalue weighted by atomic mass is 10.1. The summed E-state index contributed by atoms with van der Waals surface area (Å²) in [5.74, 6) is -0.936. The summed E-state index contributed by atoms with van der Waals surface area (Å²) >= 11 is 0. The van der Waals surface area contributed by atoms with Crippen LogP contribution in [0.5, 0.6) is 0 Å². The van der Waals surface area contributed by atoms with E-state index in [9.17, 15) is 9.59 Å². The monoisotopic (exact) mass is 245 g/mol. The van der Waals surface area contributed by atoms with Crippen LogP contribution in [0.3, 0.4) is 0 Å². The van der Waals surface area contributed by atoms with Crippen LogP contribution in [0, 0.1) is 5.92 Å². The lowest BCUT2D eigenvalue weighted by Gasteiger charge is -2.27. The number of nitrogens with zero attached hydrogens (tertiary/aromatic N) is 1. The SMILES string of the molecule is CC(C)C[C@H](OC(=O)N1CCOCC1)C(=O)O. The standard InChI is InChI=1S/C11H19NO5/c1-8(2)7-9(10(13)14)17-11(15)12-3-5-16-6-4-12/h8-9H,3-7H2,1-2H3,(H,13,14)/t9-/m0/s1. The van der Waals surface area contributed by atoms with Gasteiger partial charge in [-0.15, -0.1) is 0 Å². The summed E-state index contributed by atoms with van der Waals surface area (Å²) in [7, 11) is 0. The van der Waals surface area contributed by atoms with Gasteiger partial charge >= 0.3 is 12.1 Å². The third kappa shape index (κ3) is 4.60. The molecule has 1 aliphatic rings. The Balaban J connectivity index is 2.47. The second-order valence-electron chi connectivity index (χ2n) is 4.44. The van der Waals surface area contributed by atoms with Crippen LogP contribution in [0.25, 0.3) is 0 Å². The number of aliphatic carboxylic acids is 1. The van der Waals surface area contributed by atoms with Crippen molar-refractivity contribution in [3.8, 4) is 0 Å². The highest BCUT2D eigenvalue weighted by atomic mass is 16.6. The minimum absolute atomic E-state index is 0.161. The average Bonchev–Trinajstić information content (AvgIpc) is 2.28. The summed E-state index contributed by atoms with van der Waals surface area (Å²) in [6.07, 6.45) is -1.31. The number of morpholine rings is 1. The van der Waals surface area contributed by atoms with Gasteiger partial charge in [-0.1, -0.05) is 13.8 Å². The van der Waals surface area contributed by atoms with Crippen LogP contribution in [-0.4, -0.2) is 54.5 Å². The number of rotatable bonds is 4. The largest absolute Gasteiger partial charge is 0.479 e. The van der Waals surface area contributed by atoms with Crippen molar-refractivity contribution in [3.05, 3.63) is 0 Å². The van der Waals surface area contributed by atoms with Crippen molar-refractivity contribution in [1.82, 2.24) is 4.90 Å². The van der Waals surface area contributed by atoms with E-state index in [1.165, 1.54) is 4.90 Å². The van der Waals surface area contributed by atoms with E-state index in [2.05, 4.69) is 0 Å². The van der Waals surface area contributed by atoms with E-state index in [1.54, 1.807) is 0 Å². The molecule has 1 rings (SSSR count). The zero-order valence-electron chi connectivity index (χ0n) is 10.2. The van der Waals surface area contributed by atoms with Gasteiger partial charge in [-0.05, 0) is 12.3 Å². The Morgan fingerprint density at radius 3 is 2.41 bits per heavy atom. The molecule has 0 saturated carbocycles. The molecule has 0 spiro atoms. The highest BCUT2D eigenvalue weighted by Crippen LogP contribution is 2.11. The topological polar surface area (TPSA) is 76.1 Å². The van der Waals surface area contributed by atoms with Gasteiger partial charge in [0.2, 0.25) is 6.10 Å². The Bertz CT molecular complexity index is 273. The van der Waals surface area contributed by atoms with Gasteiger partial charge in [0.05, 0.1) is 13.2 Å². The van der Waals surface area contributed by atoms with Crippen LogP contribution in [0.15, 0.2) is 0 Å². The van der Waals surface area contributed by atoms with Gasteiger partial charge in [0.15, 0.2) is 0 Å². The molecular formula is C11H19NO5. The van der Waals surface area contributed by atoms with Crippen LogP contribution in [0.4, 0.5) is 4.79 Å². The van der Waals surface area contributed by atoms with Gasteiger partial charge in [-0.2, -0.15) is 0 Å². The van der Waals surface area contributed by atoms with Gasteiger partial charge in [0.1, 0.15) is 0 Å². The fraction of sp³-hybridized carbons (Fsp3) is 0.818. The number of hydrogen-bond acceptors (Lipinski definition) is 4. The van der Waals surface area contributed by atoms with Crippen molar-refractivity contribution < 1.29 is 24.2 Å². The molecule has 0 aromatic carbocycles. The summed E-state index contributed by atoms with van der Waals surface area (Å²) in [4.78, 5) is 24.1. The van der Waals surface area contributed by atoms with Gasteiger partial charge < -0.3 is 19.5 Å². The quantitative estimate of drug-likeness (QED) is 0.798. The molecule has 0 aliphatic carbocycles. The Morgan fingerprint density at radius 2 is 1.94 bits per heavy atom. The van der Waals surface area contributed by atoms with Crippen molar-refractivity contribution in [2.45, 2.75) is 26.4 Å². The van der Waals surface area contributed by atoms with E-state index in [1.807, 2.05) is 13.8 Å². The Labute approximate surface area is 100 Å². The number of carbonyl (C=O) groups is 2. The van der Waals surface area contributed by atoms with E-state index in [4.69, 9.17) is 14.6 Å². The molecule has 1 heterocycles. The van der Waals surface area contributed by atoms with Crippen molar-refractivity contribution >= 4 is 12.1 Å². The van der Waals surface area contributed by atoms with Gasteiger partial charge in [0, 0.05) is 13.1 Å². The molecule has 6 heteroatoms. The second-order valence-corrected chi connectivity index (χ2v) is 4.44. The first-order valence-corrected chi connectivity index (χ1v) is 5.76. The fourth-order valence-electron chi connectivity index (χ4n) is 1.57. The zero-order chi connectivity index (χ0) is 12.8. The minimum atomic E-state index is -1.10. The molecule has 1 atom stereocenters. The molecule has 17 heavy (non-hydrogen) atoms. The highest BCUT2D eigenvalue weighted by Gasteiger charge is 2.27. The molecule has 1 amide bonds. The maximum Gasteiger partial charge on any atom is 0.410 e. The summed E-state index contributed by atoms with van der Waals surface area (Å²) in [6, 6.07) is 0. The van der Waals surface area contributed by atoms with Crippen LogP contribution in [0.1, 0.15) is 20.3 Å². The van der Waals surface area contributed by atoms with E-state index < -0.39 is 18.2 Å². The molecule has 6 nitrogen and oxygen atoms in total. The first-order valence-electron chi connectivity index (χ1n) is 5.76. The van der Waals surface area contributed by atoms with Crippen LogP contribution >= 0.6 is 0 Å². The number of carbonyl (C=O) groups excluding carboxylic acids is 1. The first kappa shape index (κ1) is 13.8. The van der Waals surface area contributed by atoms with E-state index in [0.717, 1.165) is 0 Å².